The van der Waals surface area contributed by atoms with E-state index in [4.69, 9.17) is 9.47 Å². The van der Waals surface area contributed by atoms with Crippen LogP contribution in [0.1, 0.15) is 50.4 Å². The summed E-state index contributed by atoms with van der Waals surface area (Å²) in [7, 11) is 0. The van der Waals surface area contributed by atoms with E-state index in [0.29, 0.717) is 36.9 Å². The van der Waals surface area contributed by atoms with Crippen molar-refractivity contribution in [3.63, 3.8) is 0 Å². The number of piperidine rings is 1. The molecule has 1 saturated heterocycles. The van der Waals surface area contributed by atoms with Crippen molar-refractivity contribution in [2.24, 2.45) is 5.92 Å². The molecule has 7 heteroatoms. The molecule has 2 rings (SSSR count). The van der Waals surface area contributed by atoms with E-state index < -0.39 is 6.16 Å². The maximum absolute atomic E-state index is 12.7. The highest BCUT2D eigenvalue weighted by atomic mass is 16.7. The van der Waals surface area contributed by atoms with E-state index in [0.717, 1.165) is 24.8 Å². The first-order valence-corrected chi connectivity index (χ1v) is 10.1. The van der Waals surface area contributed by atoms with Crippen LogP contribution >= 0.6 is 0 Å². The van der Waals surface area contributed by atoms with E-state index in [2.05, 4.69) is 5.32 Å². The minimum Gasteiger partial charge on any atom is -0.434 e. The van der Waals surface area contributed by atoms with Crippen molar-refractivity contribution < 1.29 is 23.9 Å². The molecule has 1 aliphatic rings. The number of hydrogen-bond donors (Lipinski definition) is 1. The number of hydrogen-bond acceptors (Lipinski definition) is 5. The van der Waals surface area contributed by atoms with Gasteiger partial charge in [-0.3, -0.25) is 9.59 Å². The van der Waals surface area contributed by atoms with Crippen molar-refractivity contribution in [3.8, 4) is 5.75 Å². The van der Waals surface area contributed by atoms with E-state index in [1.807, 2.05) is 18.7 Å². The number of carbonyl (C=O) groups is 3. The second kappa shape index (κ2) is 11.2. The molecule has 0 spiro atoms. The summed E-state index contributed by atoms with van der Waals surface area (Å²) in [6.07, 6.45) is 3.46. The molecule has 1 heterocycles. The van der Waals surface area contributed by atoms with Crippen LogP contribution in [0.3, 0.4) is 0 Å². The number of rotatable bonds is 7. The van der Waals surface area contributed by atoms with Crippen LogP contribution in [-0.4, -0.2) is 49.1 Å². The monoisotopic (exact) mass is 402 g/mol. The van der Waals surface area contributed by atoms with E-state index in [1.54, 1.807) is 37.3 Å². The molecule has 0 aliphatic carbocycles. The van der Waals surface area contributed by atoms with Gasteiger partial charge in [-0.05, 0) is 63.3 Å². The Bertz CT molecular complexity index is 734. The topological polar surface area (TPSA) is 84.9 Å². The summed E-state index contributed by atoms with van der Waals surface area (Å²) in [5.74, 6) is 0.616. The van der Waals surface area contributed by atoms with E-state index in [-0.39, 0.29) is 18.4 Å². The summed E-state index contributed by atoms with van der Waals surface area (Å²) in [5.41, 5.74) is 1.61. The number of amides is 2. The van der Waals surface area contributed by atoms with Crippen molar-refractivity contribution in [2.75, 3.05) is 26.2 Å². The lowest BCUT2D eigenvalue weighted by molar-refractivity contribution is -0.116. The number of likely N-dealkylation sites (tertiary alicyclic amines) is 1. The lowest BCUT2D eigenvalue weighted by atomic mass is 9.96. The van der Waals surface area contributed by atoms with Gasteiger partial charge in [0.2, 0.25) is 5.91 Å². The number of benzene rings is 1. The van der Waals surface area contributed by atoms with E-state index >= 15 is 0 Å². The SMILES string of the molecule is CCOC(=O)Oc1ccc(C(=O)N2CCC(CNC(=O)/C=C(\C)CC)CC2)cc1. The van der Waals surface area contributed by atoms with Gasteiger partial charge in [-0.25, -0.2) is 4.79 Å². The minimum atomic E-state index is -0.763. The number of carbonyl (C=O) groups excluding carboxylic acids is 3. The molecule has 7 nitrogen and oxygen atoms in total. The second-order valence-electron chi connectivity index (χ2n) is 7.13. The summed E-state index contributed by atoms with van der Waals surface area (Å²) >= 11 is 0. The fourth-order valence-electron chi connectivity index (χ4n) is 3.05. The molecule has 1 fully saturated rings. The molecule has 1 aromatic rings. The van der Waals surface area contributed by atoms with Crippen LogP contribution < -0.4 is 10.1 Å². The highest BCUT2D eigenvalue weighted by Crippen LogP contribution is 2.20. The number of ether oxygens (including phenoxy) is 2. The van der Waals surface area contributed by atoms with E-state index in [9.17, 15) is 14.4 Å². The summed E-state index contributed by atoms with van der Waals surface area (Å²) in [5, 5.41) is 2.95. The molecule has 29 heavy (non-hydrogen) atoms. The molecule has 0 unspecified atom stereocenters. The Balaban J connectivity index is 1.79. The summed E-state index contributed by atoms with van der Waals surface area (Å²) in [4.78, 5) is 37.7. The zero-order valence-corrected chi connectivity index (χ0v) is 17.4. The maximum atomic E-state index is 12.7. The highest BCUT2D eigenvalue weighted by molar-refractivity contribution is 5.94. The van der Waals surface area contributed by atoms with Crippen LogP contribution in [0.5, 0.6) is 5.75 Å². The third-order valence-corrected chi connectivity index (χ3v) is 4.97. The van der Waals surface area contributed by atoms with Gasteiger partial charge in [-0.1, -0.05) is 12.5 Å². The maximum Gasteiger partial charge on any atom is 0.513 e. The van der Waals surface area contributed by atoms with Crippen molar-refractivity contribution in [2.45, 2.75) is 40.0 Å². The van der Waals surface area contributed by atoms with Crippen LogP contribution in [0, 0.1) is 5.92 Å². The smallest absolute Gasteiger partial charge is 0.434 e. The van der Waals surface area contributed by atoms with Crippen LogP contribution in [0.25, 0.3) is 0 Å². The van der Waals surface area contributed by atoms with Gasteiger partial charge in [-0.2, -0.15) is 0 Å². The molecule has 2 amide bonds. The van der Waals surface area contributed by atoms with Crippen molar-refractivity contribution in [3.05, 3.63) is 41.5 Å². The standard InChI is InChI=1S/C22H30N2O5/c1-4-16(3)14-20(25)23-15-17-10-12-24(13-11-17)21(26)18-6-8-19(9-7-18)29-22(27)28-5-2/h6-9,14,17H,4-5,10-13,15H2,1-3H3,(H,23,25)/b16-14+. The molecule has 0 bridgehead atoms. The Kier molecular flexibility index (Phi) is 8.70. The highest BCUT2D eigenvalue weighted by Gasteiger charge is 2.24. The fourth-order valence-corrected chi connectivity index (χ4v) is 3.05. The summed E-state index contributed by atoms with van der Waals surface area (Å²) in [6.45, 7) is 7.85. The molecular weight excluding hydrogens is 372 g/mol. The van der Waals surface area contributed by atoms with Crippen LogP contribution in [0.2, 0.25) is 0 Å². The van der Waals surface area contributed by atoms with Crippen molar-refractivity contribution >= 4 is 18.0 Å². The fraction of sp³-hybridized carbons (Fsp3) is 0.500. The molecule has 0 saturated carbocycles. The van der Waals surface area contributed by atoms with Gasteiger partial charge >= 0.3 is 6.16 Å². The van der Waals surface area contributed by atoms with Crippen molar-refractivity contribution in [1.29, 1.82) is 0 Å². The average molecular weight is 402 g/mol. The molecule has 0 radical (unpaired) electrons. The zero-order chi connectivity index (χ0) is 21.2. The Hall–Kier alpha value is -2.83. The van der Waals surface area contributed by atoms with Gasteiger partial charge in [0.15, 0.2) is 0 Å². The molecular formula is C22H30N2O5. The second-order valence-corrected chi connectivity index (χ2v) is 7.13. The van der Waals surface area contributed by atoms with Gasteiger partial charge in [0.25, 0.3) is 5.91 Å². The first-order valence-electron chi connectivity index (χ1n) is 10.1. The largest absolute Gasteiger partial charge is 0.513 e. The molecule has 1 N–H and O–H groups in total. The quantitative estimate of drug-likeness (QED) is 0.428. The molecule has 0 aromatic heterocycles. The minimum absolute atomic E-state index is 0.0447. The lowest BCUT2D eigenvalue weighted by Gasteiger charge is -2.32. The lowest BCUT2D eigenvalue weighted by Crippen LogP contribution is -2.41. The molecule has 1 aromatic carbocycles. The normalized spacial score (nSPS) is 15.0. The summed E-state index contributed by atoms with van der Waals surface area (Å²) in [6, 6.07) is 6.45. The van der Waals surface area contributed by atoms with Crippen molar-refractivity contribution in [1.82, 2.24) is 10.2 Å². The van der Waals surface area contributed by atoms with Crippen LogP contribution in [0.4, 0.5) is 4.79 Å². The van der Waals surface area contributed by atoms with Gasteiger partial charge in [0, 0.05) is 31.3 Å². The van der Waals surface area contributed by atoms with Gasteiger partial charge in [0.1, 0.15) is 5.75 Å². The Morgan fingerprint density at radius 2 is 1.79 bits per heavy atom. The Morgan fingerprint density at radius 3 is 2.38 bits per heavy atom. The van der Waals surface area contributed by atoms with Gasteiger partial charge in [-0.15, -0.1) is 0 Å². The molecule has 1 aliphatic heterocycles. The van der Waals surface area contributed by atoms with E-state index in [1.165, 1.54) is 0 Å². The third kappa shape index (κ3) is 7.25. The first kappa shape index (κ1) is 22.5. The molecule has 0 atom stereocenters. The average Bonchev–Trinajstić information content (AvgIpc) is 2.72. The Morgan fingerprint density at radius 1 is 1.14 bits per heavy atom. The molecule has 158 valence electrons. The van der Waals surface area contributed by atoms with Crippen LogP contribution in [-0.2, 0) is 9.53 Å². The Labute approximate surface area is 172 Å². The summed E-state index contributed by atoms with van der Waals surface area (Å²) < 4.78 is 9.72. The number of nitrogens with one attached hydrogen (secondary N) is 1. The third-order valence-electron chi connectivity index (χ3n) is 4.97. The van der Waals surface area contributed by atoms with Gasteiger partial charge in [0.05, 0.1) is 6.61 Å². The number of allylic oxidation sites excluding steroid dienone is 1. The number of nitrogens with zero attached hydrogens (tertiary/aromatic N) is 1. The van der Waals surface area contributed by atoms with Gasteiger partial charge < -0.3 is 19.7 Å². The zero-order valence-electron chi connectivity index (χ0n) is 17.4. The first-order chi connectivity index (χ1) is 13.9. The predicted octanol–water partition coefficient (Wildman–Crippen LogP) is 3.55. The van der Waals surface area contributed by atoms with Crippen LogP contribution in [0.15, 0.2) is 35.9 Å². The predicted molar refractivity (Wildman–Crippen MR) is 110 cm³/mol.